The summed E-state index contributed by atoms with van der Waals surface area (Å²) in [5, 5.41) is 2.54. The number of pyridine rings is 1. The van der Waals surface area contributed by atoms with E-state index in [4.69, 9.17) is 14.2 Å². The third kappa shape index (κ3) is 5.58. The number of nitrogens with zero attached hydrogens (tertiary/aromatic N) is 2. The van der Waals surface area contributed by atoms with Gasteiger partial charge in [0.15, 0.2) is 11.4 Å². The number of methoxy groups -OCH3 is 1. The number of nitrogens with one attached hydrogen (secondary N) is 1. The first-order chi connectivity index (χ1) is 18.3. The number of amides is 2. The van der Waals surface area contributed by atoms with E-state index in [1.807, 2.05) is 6.92 Å². The zero-order chi connectivity index (χ0) is 27.3. The van der Waals surface area contributed by atoms with Crippen LogP contribution in [-0.4, -0.2) is 67.9 Å². The highest BCUT2D eigenvalue weighted by molar-refractivity contribution is 5.99. The van der Waals surface area contributed by atoms with Gasteiger partial charge in [-0.1, -0.05) is 19.4 Å². The van der Waals surface area contributed by atoms with Crippen LogP contribution in [0.4, 0.5) is 8.78 Å². The van der Waals surface area contributed by atoms with E-state index in [9.17, 15) is 23.2 Å². The molecule has 9 nitrogen and oxygen atoms in total. The molecule has 1 spiro atoms. The van der Waals surface area contributed by atoms with Crippen LogP contribution in [0.2, 0.25) is 0 Å². The highest BCUT2D eigenvalue weighted by Crippen LogP contribution is 2.37. The Morgan fingerprint density at radius 1 is 1.24 bits per heavy atom. The number of carbonyl (C=O) groups excluding carboxylic acids is 2. The van der Waals surface area contributed by atoms with E-state index in [1.165, 1.54) is 12.3 Å². The van der Waals surface area contributed by atoms with Crippen molar-refractivity contribution in [3.8, 4) is 5.75 Å². The Morgan fingerprint density at radius 3 is 2.74 bits per heavy atom. The molecule has 1 saturated heterocycles. The van der Waals surface area contributed by atoms with Crippen molar-refractivity contribution in [2.45, 2.75) is 44.7 Å². The van der Waals surface area contributed by atoms with Gasteiger partial charge in [0.25, 0.3) is 11.8 Å². The molecular formula is C27H33F2N3O6. The molecular weight excluding hydrogens is 500 g/mol. The topological polar surface area (TPSA) is 99.1 Å². The summed E-state index contributed by atoms with van der Waals surface area (Å²) in [6.45, 7) is 3.73. The molecule has 0 radical (unpaired) electrons. The van der Waals surface area contributed by atoms with Crippen LogP contribution < -0.4 is 15.5 Å². The Kier molecular flexibility index (Phi) is 8.78. The van der Waals surface area contributed by atoms with Crippen LogP contribution in [0.5, 0.6) is 5.75 Å². The number of unbranched alkanes of at least 4 members (excludes halogenated alkanes) is 1. The first-order valence-electron chi connectivity index (χ1n) is 12.8. The first-order valence-corrected chi connectivity index (χ1v) is 12.8. The number of rotatable bonds is 10. The number of ether oxygens (including phenoxy) is 3. The van der Waals surface area contributed by atoms with Crippen LogP contribution >= 0.6 is 0 Å². The van der Waals surface area contributed by atoms with Gasteiger partial charge in [0.1, 0.15) is 17.2 Å². The molecule has 2 aliphatic rings. The molecule has 2 aliphatic heterocycles. The van der Waals surface area contributed by atoms with E-state index in [2.05, 4.69) is 5.32 Å². The quantitative estimate of drug-likeness (QED) is 0.472. The van der Waals surface area contributed by atoms with E-state index in [1.54, 1.807) is 16.6 Å². The lowest BCUT2D eigenvalue weighted by atomic mass is 9.87. The minimum absolute atomic E-state index is 0.0679. The van der Waals surface area contributed by atoms with Crippen molar-refractivity contribution in [1.29, 1.82) is 0 Å². The Balaban J connectivity index is 1.77. The third-order valence-corrected chi connectivity index (χ3v) is 6.96. The Morgan fingerprint density at radius 2 is 2.05 bits per heavy atom. The van der Waals surface area contributed by atoms with E-state index in [0.29, 0.717) is 39.1 Å². The van der Waals surface area contributed by atoms with Crippen molar-refractivity contribution >= 4 is 11.8 Å². The maximum absolute atomic E-state index is 14.1. The number of hydrogen-bond donors (Lipinski definition) is 1. The summed E-state index contributed by atoms with van der Waals surface area (Å²) < 4.78 is 45.9. The van der Waals surface area contributed by atoms with Crippen molar-refractivity contribution in [1.82, 2.24) is 14.8 Å². The van der Waals surface area contributed by atoms with Crippen LogP contribution in [0.3, 0.4) is 0 Å². The van der Waals surface area contributed by atoms with Crippen LogP contribution in [0.15, 0.2) is 29.2 Å². The Labute approximate surface area is 219 Å². The van der Waals surface area contributed by atoms with E-state index >= 15 is 0 Å². The van der Waals surface area contributed by atoms with Gasteiger partial charge in [-0.15, -0.1) is 0 Å². The van der Waals surface area contributed by atoms with Gasteiger partial charge in [-0.25, -0.2) is 8.78 Å². The number of benzene rings is 1. The summed E-state index contributed by atoms with van der Waals surface area (Å²) in [6, 6.07) is 3.04. The van der Waals surface area contributed by atoms with Crippen LogP contribution in [0.1, 0.15) is 59.0 Å². The molecule has 1 N–H and O–H groups in total. The first kappa shape index (κ1) is 27.7. The number of halogens is 2. The average molecular weight is 534 g/mol. The fourth-order valence-corrected chi connectivity index (χ4v) is 4.90. The average Bonchev–Trinajstić information content (AvgIpc) is 2.90. The van der Waals surface area contributed by atoms with Crippen molar-refractivity contribution in [2.24, 2.45) is 0 Å². The lowest BCUT2D eigenvalue weighted by Gasteiger charge is -2.47. The standard InChI is InChI=1S/C27H33F2N3O6/c1-3-4-11-38-24-22-26(35)31(9-12-36-2)16-27(8-5-10-37-17-27)32(22)15-20(23(24)33)25(34)30-14-18-6-7-19(28)13-21(18)29/h6-7,13,15H,3-5,8-12,14,16-17H2,1-2H3,(H,30,34). The molecule has 3 heterocycles. The smallest absolute Gasteiger partial charge is 0.274 e. The second-order valence-corrected chi connectivity index (χ2v) is 9.64. The van der Waals surface area contributed by atoms with E-state index < -0.39 is 28.5 Å². The van der Waals surface area contributed by atoms with Crippen molar-refractivity contribution in [3.63, 3.8) is 0 Å². The van der Waals surface area contributed by atoms with Crippen LogP contribution in [-0.2, 0) is 21.6 Å². The third-order valence-electron chi connectivity index (χ3n) is 6.96. The van der Waals surface area contributed by atoms with Gasteiger partial charge in [-0.2, -0.15) is 0 Å². The molecule has 2 aromatic rings. The second kappa shape index (κ2) is 12.0. The van der Waals surface area contributed by atoms with Gasteiger partial charge >= 0.3 is 0 Å². The fraction of sp³-hybridized carbons (Fsp3) is 0.519. The van der Waals surface area contributed by atoms with Gasteiger partial charge in [0.05, 0.1) is 25.4 Å². The monoisotopic (exact) mass is 533 g/mol. The van der Waals surface area contributed by atoms with E-state index in [-0.39, 0.29) is 48.2 Å². The molecule has 206 valence electrons. The van der Waals surface area contributed by atoms with Gasteiger partial charge < -0.3 is 29.0 Å². The molecule has 2 amide bonds. The zero-order valence-corrected chi connectivity index (χ0v) is 21.7. The van der Waals surface area contributed by atoms with Crippen LogP contribution in [0, 0.1) is 11.6 Å². The normalized spacial score (nSPS) is 18.9. The summed E-state index contributed by atoms with van der Waals surface area (Å²) in [5.41, 5.74) is -1.51. The van der Waals surface area contributed by atoms with E-state index in [0.717, 1.165) is 25.0 Å². The lowest BCUT2D eigenvalue weighted by Crippen LogP contribution is -2.59. The van der Waals surface area contributed by atoms with Gasteiger partial charge in [0, 0.05) is 51.2 Å². The number of aromatic nitrogens is 1. The minimum atomic E-state index is -0.809. The van der Waals surface area contributed by atoms with Crippen molar-refractivity contribution < 1.29 is 32.6 Å². The van der Waals surface area contributed by atoms with Gasteiger partial charge in [-0.3, -0.25) is 14.4 Å². The number of hydrogen-bond acceptors (Lipinski definition) is 6. The SMILES string of the molecule is CCCCOc1c2n(cc(C(=O)NCc3ccc(F)cc3F)c1=O)C1(CCCOC1)CN(CCOC)C2=O. The molecule has 38 heavy (non-hydrogen) atoms. The summed E-state index contributed by atoms with van der Waals surface area (Å²) >= 11 is 0. The molecule has 4 rings (SSSR count). The number of carbonyl (C=O) groups is 2. The van der Waals surface area contributed by atoms with Crippen molar-refractivity contribution in [2.75, 3.05) is 46.6 Å². The predicted molar refractivity (Wildman–Crippen MR) is 134 cm³/mol. The Hall–Kier alpha value is -3.31. The zero-order valence-electron chi connectivity index (χ0n) is 21.7. The highest BCUT2D eigenvalue weighted by atomic mass is 19.1. The summed E-state index contributed by atoms with van der Waals surface area (Å²) in [4.78, 5) is 42.1. The van der Waals surface area contributed by atoms with Crippen LogP contribution in [0.25, 0.3) is 0 Å². The Bertz CT molecular complexity index is 1240. The number of fused-ring (bicyclic) bond motifs is 2. The fourth-order valence-electron chi connectivity index (χ4n) is 4.90. The summed E-state index contributed by atoms with van der Waals surface area (Å²) in [5.74, 6) is -2.87. The molecule has 11 heteroatoms. The lowest BCUT2D eigenvalue weighted by molar-refractivity contribution is -0.0294. The maximum atomic E-state index is 14.1. The second-order valence-electron chi connectivity index (χ2n) is 9.64. The van der Waals surface area contributed by atoms with Crippen molar-refractivity contribution in [3.05, 3.63) is 63.1 Å². The largest absolute Gasteiger partial charge is 0.487 e. The highest BCUT2D eigenvalue weighted by Gasteiger charge is 2.46. The van der Waals surface area contributed by atoms with Gasteiger partial charge in [0.2, 0.25) is 5.43 Å². The molecule has 0 bridgehead atoms. The molecule has 1 aromatic heterocycles. The predicted octanol–water partition coefficient (Wildman–Crippen LogP) is 2.84. The molecule has 1 unspecified atom stereocenters. The maximum Gasteiger partial charge on any atom is 0.274 e. The minimum Gasteiger partial charge on any atom is -0.487 e. The summed E-state index contributed by atoms with van der Waals surface area (Å²) in [7, 11) is 1.55. The molecule has 1 fully saturated rings. The molecule has 0 aliphatic carbocycles. The molecule has 1 atom stereocenters. The molecule has 0 saturated carbocycles. The summed E-state index contributed by atoms with van der Waals surface area (Å²) in [6.07, 6.45) is 4.24. The molecule has 1 aromatic carbocycles. The van der Waals surface area contributed by atoms with Gasteiger partial charge in [-0.05, 0) is 25.3 Å².